The van der Waals surface area contributed by atoms with Gasteiger partial charge in [0.05, 0.1) is 5.02 Å². The largest absolute Gasteiger partial charge is 0.489 e. The van der Waals surface area contributed by atoms with Crippen molar-refractivity contribution in [2.45, 2.75) is 25.6 Å². The van der Waals surface area contributed by atoms with Crippen molar-refractivity contribution in [2.24, 2.45) is 0 Å². The lowest BCUT2D eigenvalue weighted by molar-refractivity contribution is 0.162. The lowest BCUT2D eigenvalue weighted by atomic mass is 10.1. The Balaban J connectivity index is 0.00000192. The Morgan fingerprint density at radius 1 is 1.04 bits per heavy atom. The molecule has 1 N–H and O–H groups in total. The lowest BCUT2D eigenvalue weighted by Gasteiger charge is -2.24. The summed E-state index contributed by atoms with van der Waals surface area (Å²) in [6, 6.07) is 15.7. The van der Waals surface area contributed by atoms with Gasteiger partial charge in [-0.3, -0.25) is 0 Å². The van der Waals surface area contributed by atoms with E-state index < -0.39 is 0 Å². The van der Waals surface area contributed by atoms with Crippen LogP contribution < -0.4 is 14.8 Å². The fourth-order valence-corrected chi connectivity index (χ4v) is 2.72. The SMILES string of the molecule is Cl.Clc1cc(OCc2ccccc2)ccc1OC1CCNCC1. The van der Waals surface area contributed by atoms with E-state index in [2.05, 4.69) is 5.32 Å². The molecular formula is C18H21Cl2NO2. The van der Waals surface area contributed by atoms with Crippen LogP contribution >= 0.6 is 24.0 Å². The molecule has 0 saturated carbocycles. The quantitative estimate of drug-likeness (QED) is 0.859. The van der Waals surface area contributed by atoms with Crippen LogP contribution in [-0.2, 0) is 6.61 Å². The highest BCUT2D eigenvalue weighted by Crippen LogP contribution is 2.31. The molecule has 0 bridgehead atoms. The first kappa shape index (κ1) is 17.9. The van der Waals surface area contributed by atoms with E-state index >= 15 is 0 Å². The van der Waals surface area contributed by atoms with E-state index in [1.165, 1.54) is 0 Å². The van der Waals surface area contributed by atoms with Crippen LogP contribution in [0.25, 0.3) is 0 Å². The van der Waals surface area contributed by atoms with Gasteiger partial charge in [-0.1, -0.05) is 41.9 Å². The fourth-order valence-electron chi connectivity index (χ4n) is 2.50. The number of hydrogen-bond acceptors (Lipinski definition) is 3. The molecule has 1 aliphatic rings. The summed E-state index contributed by atoms with van der Waals surface area (Å²) < 4.78 is 11.7. The summed E-state index contributed by atoms with van der Waals surface area (Å²) >= 11 is 6.31. The monoisotopic (exact) mass is 353 g/mol. The van der Waals surface area contributed by atoms with E-state index in [-0.39, 0.29) is 18.5 Å². The van der Waals surface area contributed by atoms with Gasteiger partial charge in [-0.05, 0) is 43.6 Å². The molecule has 1 saturated heterocycles. The van der Waals surface area contributed by atoms with Gasteiger partial charge in [0.2, 0.25) is 0 Å². The van der Waals surface area contributed by atoms with Crippen molar-refractivity contribution in [1.29, 1.82) is 0 Å². The van der Waals surface area contributed by atoms with E-state index in [1.54, 1.807) is 0 Å². The third-order valence-electron chi connectivity index (χ3n) is 3.73. The van der Waals surface area contributed by atoms with Crippen LogP contribution in [0.3, 0.4) is 0 Å². The van der Waals surface area contributed by atoms with Crippen LogP contribution in [0.5, 0.6) is 11.5 Å². The normalized spacial score (nSPS) is 14.8. The van der Waals surface area contributed by atoms with Crippen LogP contribution in [0, 0.1) is 0 Å². The first-order chi connectivity index (χ1) is 10.8. The summed E-state index contributed by atoms with van der Waals surface area (Å²) in [6.07, 6.45) is 2.28. The molecule has 1 aliphatic heterocycles. The molecule has 5 heteroatoms. The first-order valence-electron chi connectivity index (χ1n) is 7.65. The zero-order valence-corrected chi connectivity index (χ0v) is 14.4. The van der Waals surface area contributed by atoms with Gasteiger partial charge >= 0.3 is 0 Å². The summed E-state index contributed by atoms with van der Waals surface area (Å²) in [5.74, 6) is 1.49. The molecule has 0 aromatic heterocycles. The van der Waals surface area contributed by atoms with E-state index in [4.69, 9.17) is 21.1 Å². The summed E-state index contributed by atoms with van der Waals surface area (Å²) in [5.41, 5.74) is 1.13. The Bertz CT molecular complexity index is 601. The topological polar surface area (TPSA) is 30.5 Å². The Morgan fingerprint density at radius 3 is 2.48 bits per heavy atom. The van der Waals surface area contributed by atoms with Crippen molar-refractivity contribution in [3.05, 3.63) is 59.1 Å². The van der Waals surface area contributed by atoms with Crippen molar-refractivity contribution < 1.29 is 9.47 Å². The molecule has 0 atom stereocenters. The summed E-state index contributed by atoms with van der Waals surface area (Å²) in [4.78, 5) is 0. The maximum atomic E-state index is 6.31. The Hall–Kier alpha value is -1.42. The van der Waals surface area contributed by atoms with Crippen LogP contribution in [0.15, 0.2) is 48.5 Å². The predicted octanol–water partition coefficient (Wildman–Crippen LogP) is 4.47. The predicted molar refractivity (Wildman–Crippen MR) is 96.0 cm³/mol. The number of nitrogens with one attached hydrogen (secondary N) is 1. The number of hydrogen-bond donors (Lipinski definition) is 1. The molecule has 0 aliphatic carbocycles. The van der Waals surface area contributed by atoms with Gasteiger partial charge in [-0.15, -0.1) is 12.4 Å². The maximum absolute atomic E-state index is 6.31. The van der Waals surface area contributed by atoms with Gasteiger partial charge in [0.15, 0.2) is 0 Å². The van der Waals surface area contributed by atoms with Gasteiger partial charge in [0.1, 0.15) is 24.2 Å². The number of halogens is 2. The maximum Gasteiger partial charge on any atom is 0.138 e. The highest BCUT2D eigenvalue weighted by Gasteiger charge is 2.16. The van der Waals surface area contributed by atoms with Crippen LogP contribution in [0.1, 0.15) is 18.4 Å². The molecule has 3 rings (SSSR count). The van der Waals surface area contributed by atoms with Gasteiger partial charge in [-0.2, -0.15) is 0 Å². The Kier molecular flexibility index (Phi) is 7.03. The van der Waals surface area contributed by atoms with Crippen LogP contribution in [-0.4, -0.2) is 19.2 Å². The number of ether oxygens (including phenoxy) is 2. The second-order valence-electron chi connectivity index (χ2n) is 5.43. The van der Waals surface area contributed by atoms with Gasteiger partial charge < -0.3 is 14.8 Å². The standard InChI is InChI=1S/C18H20ClNO2.ClH/c19-17-12-16(21-13-14-4-2-1-3-5-14)6-7-18(17)22-15-8-10-20-11-9-15;/h1-7,12,15,20H,8-11,13H2;1H. The molecule has 0 spiro atoms. The molecule has 124 valence electrons. The number of rotatable bonds is 5. The van der Waals surface area contributed by atoms with Crippen LogP contribution in [0.4, 0.5) is 0 Å². The van der Waals surface area contributed by atoms with Gasteiger partial charge in [-0.25, -0.2) is 0 Å². The summed E-state index contributed by atoms with van der Waals surface area (Å²) in [7, 11) is 0. The highest BCUT2D eigenvalue weighted by atomic mass is 35.5. The molecular weight excluding hydrogens is 333 g/mol. The number of benzene rings is 2. The third-order valence-corrected chi connectivity index (χ3v) is 4.03. The molecule has 0 unspecified atom stereocenters. The lowest BCUT2D eigenvalue weighted by Crippen LogP contribution is -2.34. The van der Waals surface area contributed by atoms with Gasteiger partial charge in [0.25, 0.3) is 0 Å². The van der Waals surface area contributed by atoms with Crippen molar-refractivity contribution in [2.75, 3.05) is 13.1 Å². The smallest absolute Gasteiger partial charge is 0.138 e. The molecule has 3 nitrogen and oxygen atoms in total. The fraction of sp³-hybridized carbons (Fsp3) is 0.333. The second-order valence-corrected chi connectivity index (χ2v) is 5.84. The van der Waals surface area contributed by atoms with E-state index in [1.807, 2.05) is 48.5 Å². The minimum atomic E-state index is 0. The minimum absolute atomic E-state index is 0. The van der Waals surface area contributed by atoms with E-state index in [9.17, 15) is 0 Å². The summed E-state index contributed by atoms with van der Waals surface area (Å²) in [5, 5.41) is 3.92. The van der Waals surface area contributed by atoms with E-state index in [0.29, 0.717) is 11.6 Å². The first-order valence-corrected chi connectivity index (χ1v) is 8.03. The van der Waals surface area contributed by atoms with Crippen molar-refractivity contribution >= 4 is 24.0 Å². The summed E-state index contributed by atoms with van der Waals surface area (Å²) in [6.45, 7) is 2.53. The molecule has 2 aromatic carbocycles. The molecule has 1 heterocycles. The second kappa shape index (κ2) is 9.02. The third kappa shape index (κ3) is 5.31. The molecule has 0 radical (unpaired) electrons. The van der Waals surface area contributed by atoms with E-state index in [0.717, 1.165) is 43.0 Å². The zero-order chi connectivity index (χ0) is 15.2. The Morgan fingerprint density at radius 2 is 1.78 bits per heavy atom. The minimum Gasteiger partial charge on any atom is -0.489 e. The van der Waals surface area contributed by atoms with Crippen molar-refractivity contribution in [1.82, 2.24) is 5.32 Å². The zero-order valence-electron chi connectivity index (χ0n) is 12.8. The molecule has 0 amide bonds. The number of piperidine rings is 1. The van der Waals surface area contributed by atoms with Crippen molar-refractivity contribution in [3.63, 3.8) is 0 Å². The average molecular weight is 354 g/mol. The molecule has 1 fully saturated rings. The molecule has 2 aromatic rings. The average Bonchev–Trinajstić information content (AvgIpc) is 2.57. The van der Waals surface area contributed by atoms with Gasteiger partial charge in [0, 0.05) is 6.07 Å². The Labute approximate surface area is 148 Å². The molecule has 23 heavy (non-hydrogen) atoms. The highest BCUT2D eigenvalue weighted by molar-refractivity contribution is 6.32. The van der Waals surface area contributed by atoms with Crippen molar-refractivity contribution in [3.8, 4) is 11.5 Å². The van der Waals surface area contributed by atoms with Crippen LogP contribution in [0.2, 0.25) is 5.02 Å².